The van der Waals surface area contributed by atoms with E-state index in [1.165, 1.54) is 0 Å². The second-order valence-electron chi connectivity index (χ2n) is 7.09. The number of morpholine rings is 1. The number of para-hydroxylation sites is 1. The molecule has 0 radical (unpaired) electrons. The molecule has 2 aliphatic heterocycles. The highest BCUT2D eigenvalue weighted by molar-refractivity contribution is 5.97. The average Bonchev–Trinajstić information content (AvgIpc) is 2.60. The Hall–Kier alpha value is -1.59. The van der Waals surface area contributed by atoms with Gasteiger partial charge in [0.25, 0.3) is 5.91 Å². The molecule has 3 atom stereocenters. The fourth-order valence-electron chi connectivity index (χ4n) is 4.13. The smallest absolute Gasteiger partial charge is 0.257 e. The first kappa shape index (κ1) is 17.2. The third-order valence-corrected chi connectivity index (χ3v) is 5.26. The van der Waals surface area contributed by atoms with Crippen LogP contribution >= 0.6 is 0 Å². The van der Waals surface area contributed by atoms with E-state index in [4.69, 9.17) is 9.47 Å². The minimum absolute atomic E-state index is 0.0876. The molecule has 0 spiro atoms. The monoisotopic (exact) mass is 333 g/mol. The summed E-state index contributed by atoms with van der Waals surface area (Å²) in [5.74, 6) is 0.746. The highest BCUT2D eigenvalue weighted by Gasteiger charge is 2.35. The van der Waals surface area contributed by atoms with Gasteiger partial charge in [-0.1, -0.05) is 12.1 Å². The highest BCUT2D eigenvalue weighted by atomic mass is 16.5. The number of rotatable bonds is 3. The van der Waals surface area contributed by atoms with E-state index in [0.29, 0.717) is 29.6 Å². The topological polar surface area (TPSA) is 43.2 Å². The van der Waals surface area contributed by atoms with Crippen molar-refractivity contribution in [1.82, 2.24) is 4.90 Å². The molecule has 3 rings (SSSR count). The van der Waals surface area contributed by atoms with Gasteiger partial charge in [-0.25, -0.2) is 0 Å². The van der Waals surface area contributed by atoms with Gasteiger partial charge in [0.05, 0.1) is 18.7 Å². The lowest BCUT2D eigenvalue weighted by atomic mass is 10.0. The van der Waals surface area contributed by atoms with Crippen molar-refractivity contribution in [3.8, 4) is 5.75 Å². The molecule has 132 valence electrons. The summed E-state index contributed by atoms with van der Waals surface area (Å²) in [6.45, 7) is 8.14. The summed E-state index contributed by atoms with van der Waals surface area (Å²) in [6.07, 6.45) is 2.79. The van der Waals surface area contributed by atoms with Gasteiger partial charge in [0.15, 0.2) is 0 Å². The fraction of sp³-hybridized carbons (Fsp3) is 0.632. The molecule has 1 aromatic rings. The van der Waals surface area contributed by atoms with E-state index >= 15 is 0 Å². The van der Waals surface area contributed by atoms with E-state index in [9.17, 15) is 4.79 Å². The zero-order chi connectivity index (χ0) is 17.1. The molecule has 1 N–H and O–H groups in total. The van der Waals surface area contributed by atoms with E-state index in [0.717, 1.165) is 39.0 Å². The Morgan fingerprint density at radius 2 is 1.79 bits per heavy atom. The van der Waals surface area contributed by atoms with Crippen LogP contribution < -0.4 is 9.64 Å². The molecule has 1 unspecified atom stereocenters. The third-order valence-electron chi connectivity index (χ3n) is 5.26. The van der Waals surface area contributed by atoms with Crippen molar-refractivity contribution in [3.63, 3.8) is 0 Å². The van der Waals surface area contributed by atoms with Gasteiger partial charge in [0.1, 0.15) is 31.0 Å². The molecule has 0 aliphatic carbocycles. The predicted octanol–water partition coefficient (Wildman–Crippen LogP) is 0.992. The van der Waals surface area contributed by atoms with E-state index in [1.54, 1.807) is 12.0 Å². The number of carbonyl (C=O) groups excluding carboxylic acids is 1. The summed E-state index contributed by atoms with van der Waals surface area (Å²) >= 11 is 0. The number of quaternary nitrogens is 1. The van der Waals surface area contributed by atoms with Crippen molar-refractivity contribution in [2.24, 2.45) is 0 Å². The Kier molecular flexibility index (Phi) is 5.41. The summed E-state index contributed by atoms with van der Waals surface area (Å²) in [7, 11) is 1.61. The van der Waals surface area contributed by atoms with E-state index in [1.807, 2.05) is 29.2 Å². The van der Waals surface area contributed by atoms with Crippen LogP contribution in [0.3, 0.4) is 0 Å². The van der Waals surface area contributed by atoms with Gasteiger partial charge in [-0.3, -0.25) is 4.79 Å². The number of methoxy groups -OCH3 is 1. The van der Waals surface area contributed by atoms with Crippen molar-refractivity contribution in [2.45, 2.75) is 44.9 Å². The van der Waals surface area contributed by atoms with Gasteiger partial charge in [-0.15, -0.1) is 0 Å². The van der Waals surface area contributed by atoms with Gasteiger partial charge in [0, 0.05) is 25.9 Å². The van der Waals surface area contributed by atoms with Crippen LogP contribution in [0.4, 0.5) is 0 Å². The molecule has 0 saturated carbocycles. The van der Waals surface area contributed by atoms with Crippen LogP contribution in [0.15, 0.2) is 24.3 Å². The van der Waals surface area contributed by atoms with Crippen molar-refractivity contribution in [2.75, 3.05) is 33.3 Å². The Morgan fingerprint density at radius 3 is 2.42 bits per heavy atom. The minimum atomic E-state index is 0.0876. The highest BCUT2D eigenvalue weighted by Crippen LogP contribution is 2.21. The molecule has 24 heavy (non-hydrogen) atoms. The van der Waals surface area contributed by atoms with Crippen LogP contribution in [0.25, 0.3) is 0 Å². The maximum Gasteiger partial charge on any atom is 0.257 e. The van der Waals surface area contributed by atoms with Crippen LogP contribution in [0, 0.1) is 0 Å². The molecule has 5 nitrogen and oxygen atoms in total. The quantitative estimate of drug-likeness (QED) is 0.897. The Labute approximate surface area is 144 Å². The second kappa shape index (κ2) is 7.53. The number of hydrogen-bond donors (Lipinski definition) is 1. The van der Waals surface area contributed by atoms with Gasteiger partial charge in [-0.2, -0.15) is 0 Å². The Morgan fingerprint density at radius 1 is 1.17 bits per heavy atom. The number of amides is 1. The van der Waals surface area contributed by atoms with Crippen LogP contribution in [0.5, 0.6) is 5.75 Å². The maximum atomic E-state index is 12.8. The SMILES string of the molecule is COc1ccccc1C(=O)N1CCC([NH+]2C[C@@H](C)O[C@@H](C)C2)CC1. The molecule has 2 saturated heterocycles. The maximum absolute atomic E-state index is 12.8. The lowest BCUT2D eigenvalue weighted by molar-refractivity contribution is -0.940. The van der Waals surface area contributed by atoms with Crippen LogP contribution in [-0.4, -0.2) is 62.3 Å². The molecular formula is C19H29N2O3+. The lowest BCUT2D eigenvalue weighted by Gasteiger charge is -2.41. The first-order valence-corrected chi connectivity index (χ1v) is 9.00. The van der Waals surface area contributed by atoms with Crippen LogP contribution in [0.1, 0.15) is 37.0 Å². The average molecular weight is 333 g/mol. The van der Waals surface area contributed by atoms with Gasteiger partial charge in [0.2, 0.25) is 0 Å². The Balaban J connectivity index is 1.59. The first-order valence-electron chi connectivity index (χ1n) is 9.00. The summed E-state index contributed by atoms with van der Waals surface area (Å²) in [4.78, 5) is 16.4. The summed E-state index contributed by atoms with van der Waals surface area (Å²) < 4.78 is 11.2. The molecule has 2 fully saturated rings. The van der Waals surface area contributed by atoms with E-state index in [-0.39, 0.29) is 5.91 Å². The predicted molar refractivity (Wildman–Crippen MR) is 92.6 cm³/mol. The zero-order valence-corrected chi connectivity index (χ0v) is 15.0. The zero-order valence-electron chi connectivity index (χ0n) is 15.0. The first-order chi connectivity index (χ1) is 11.6. The number of nitrogens with one attached hydrogen (secondary N) is 1. The van der Waals surface area contributed by atoms with Gasteiger partial charge < -0.3 is 19.3 Å². The van der Waals surface area contributed by atoms with Gasteiger partial charge in [-0.05, 0) is 26.0 Å². The summed E-state index contributed by atoms with van der Waals surface area (Å²) in [5.41, 5.74) is 0.666. The van der Waals surface area contributed by atoms with Crippen molar-refractivity contribution < 1.29 is 19.2 Å². The van der Waals surface area contributed by atoms with Crippen molar-refractivity contribution in [1.29, 1.82) is 0 Å². The number of hydrogen-bond acceptors (Lipinski definition) is 3. The fourth-order valence-corrected chi connectivity index (χ4v) is 4.13. The lowest BCUT2D eigenvalue weighted by Crippen LogP contribution is -3.19. The number of piperidine rings is 1. The van der Waals surface area contributed by atoms with Crippen LogP contribution in [0.2, 0.25) is 0 Å². The number of likely N-dealkylation sites (tertiary alicyclic amines) is 1. The summed E-state index contributed by atoms with van der Waals surface area (Å²) in [5, 5.41) is 0. The van der Waals surface area contributed by atoms with Crippen molar-refractivity contribution >= 4 is 5.91 Å². The number of benzene rings is 1. The molecule has 1 amide bonds. The molecule has 1 aromatic carbocycles. The minimum Gasteiger partial charge on any atom is -0.496 e. The molecule has 2 aliphatic rings. The van der Waals surface area contributed by atoms with E-state index in [2.05, 4.69) is 13.8 Å². The number of carbonyl (C=O) groups is 1. The molecular weight excluding hydrogens is 304 g/mol. The summed E-state index contributed by atoms with van der Waals surface area (Å²) in [6, 6.07) is 8.13. The molecule has 2 heterocycles. The van der Waals surface area contributed by atoms with Crippen LogP contribution in [-0.2, 0) is 4.74 Å². The third kappa shape index (κ3) is 3.73. The molecule has 0 aromatic heterocycles. The largest absolute Gasteiger partial charge is 0.496 e. The van der Waals surface area contributed by atoms with Gasteiger partial charge >= 0.3 is 0 Å². The van der Waals surface area contributed by atoms with Crippen molar-refractivity contribution in [3.05, 3.63) is 29.8 Å². The standard InChI is InChI=1S/C19H28N2O3/c1-14-12-21(13-15(2)24-14)16-8-10-20(11-9-16)19(22)17-6-4-5-7-18(17)23-3/h4-7,14-16H,8-13H2,1-3H3/p+1/t14-,15+. The number of ether oxygens (including phenoxy) is 2. The van der Waals surface area contributed by atoms with E-state index < -0.39 is 0 Å². The second-order valence-corrected chi connectivity index (χ2v) is 7.09. The molecule has 0 bridgehead atoms. The Bertz CT molecular complexity index is 559. The molecule has 5 heteroatoms. The number of nitrogens with zero attached hydrogens (tertiary/aromatic N) is 1. The normalized spacial score (nSPS) is 28.6.